The summed E-state index contributed by atoms with van der Waals surface area (Å²) in [7, 11) is 0. The third-order valence-corrected chi connectivity index (χ3v) is 14.5. The van der Waals surface area contributed by atoms with Crippen LogP contribution in [0.4, 0.5) is 0 Å². The van der Waals surface area contributed by atoms with Crippen LogP contribution in [0.5, 0.6) is 0 Å². The predicted molar refractivity (Wildman–Crippen MR) is 321 cm³/mol. The Hall–Kier alpha value is -2.63. The third kappa shape index (κ3) is 60.2. The fourth-order valence-electron chi connectivity index (χ4n) is 9.63. The van der Waals surface area contributed by atoms with Gasteiger partial charge in [0.05, 0.1) is 0 Å². The maximum atomic E-state index is 12.8. The van der Waals surface area contributed by atoms with Crippen molar-refractivity contribution in [2.45, 2.75) is 354 Å². The summed E-state index contributed by atoms with van der Waals surface area (Å²) in [5.74, 6) is -0.872. The molecule has 0 aromatic carbocycles. The number of unbranched alkanes of at least 4 members (excludes halogenated alkanes) is 41. The van der Waals surface area contributed by atoms with Crippen LogP contribution in [0.1, 0.15) is 348 Å². The number of ether oxygens (including phenoxy) is 3. The molecule has 74 heavy (non-hydrogen) atoms. The number of carbonyl (C=O) groups excluding carboxylic acids is 3. The molecule has 1 unspecified atom stereocenters. The van der Waals surface area contributed by atoms with Gasteiger partial charge in [0.15, 0.2) is 6.10 Å². The summed E-state index contributed by atoms with van der Waals surface area (Å²) in [5.41, 5.74) is 0. The maximum Gasteiger partial charge on any atom is 0.306 e. The molecule has 0 radical (unpaired) electrons. The second kappa shape index (κ2) is 62.9. The van der Waals surface area contributed by atoms with Crippen molar-refractivity contribution in [2.75, 3.05) is 13.2 Å². The Balaban J connectivity index is 4.01. The van der Waals surface area contributed by atoms with Crippen LogP contribution in [0.25, 0.3) is 0 Å². The molecule has 0 rings (SSSR count). The zero-order valence-electron chi connectivity index (χ0n) is 49.6. The molecule has 0 fully saturated rings. The molecule has 0 aliphatic carbocycles. The Morgan fingerprint density at radius 1 is 0.270 bits per heavy atom. The van der Waals surface area contributed by atoms with E-state index >= 15 is 0 Å². The first-order valence-corrected chi connectivity index (χ1v) is 32.6. The molecule has 0 aliphatic heterocycles. The standard InChI is InChI=1S/C68H124O6/c1-4-7-10-13-16-19-22-24-25-26-27-28-29-30-31-32-33-34-35-36-37-38-39-40-41-42-43-45-46-49-52-55-58-61-67(70)73-64-65(63-72-66(69)60-57-54-51-48-21-18-15-12-9-6-3)74-68(71)62-59-56-53-50-47-44-23-20-17-14-11-8-5-2/h11,14,20,22-24,26-27,65H,4-10,12-13,15-19,21,25,28-64H2,1-3H3/b14-11-,23-20-,24-22-,27-26-. The molecule has 6 nitrogen and oxygen atoms in total. The number of allylic oxidation sites excluding steroid dienone is 8. The summed E-state index contributed by atoms with van der Waals surface area (Å²) in [6.45, 7) is 6.58. The van der Waals surface area contributed by atoms with Crippen molar-refractivity contribution in [1.29, 1.82) is 0 Å². The minimum absolute atomic E-state index is 0.0742. The second-order valence-electron chi connectivity index (χ2n) is 22.0. The molecule has 0 spiro atoms. The molecule has 0 heterocycles. The molecule has 0 saturated heterocycles. The van der Waals surface area contributed by atoms with Gasteiger partial charge in [-0.3, -0.25) is 14.4 Å². The van der Waals surface area contributed by atoms with Crippen LogP contribution in [-0.4, -0.2) is 37.2 Å². The zero-order chi connectivity index (χ0) is 53.6. The van der Waals surface area contributed by atoms with Crippen molar-refractivity contribution < 1.29 is 28.6 Å². The van der Waals surface area contributed by atoms with Gasteiger partial charge in [-0.15, -0.1) is 0 Å². The lowest BCUT2D eigenvalue weighted by Gasteiger charge is -2.18. The highest BCUT2D eigenvalue weighted by Gasteiger charge is 2.19. The third-order valence-electron chi connectivity index (χ3n) is 14.5. The van der Waals surface area contributed by atoms with E-state index in [1.807, 2.05) is 0 Å². The number of hydrogen-bond donors (Lipinski definition) is 0. The number of rotatable bonds is 60. The normalized spacial score (nSPS) is 12.3. The van der Waals surface area contributed by atoms with Crippen molar-refractivity contribution >= 4 is 17.9 Å². The Labute approximate surface area is 460 Å². The summed E-state index contributed by atoms with van der Waals surface area (Å²) >= 11 is 0. The number of carbonyl (C=O) groups is 3. The largest absolute Gasteiger partial charge is 0.462 e. The summed E-state index contributed by atoms with van der Waals surface area (Å²) in [6.07, 6.45) is 78.7. The van der Waals surface area contributed by atoms with E-state index in [0.29, 0.717) is 19.3 Å². The average Bonchev–Trinajstić information content (AvgIpc) is 3.40. The lowest BCUT2D eigenvalue weighted by molar-refractivity contribution is -0.167. The molecule has 0 aliphatic rings. The van der Waals surface area contributed by atoms with E-state index in [4.69, 9.17) is 14.2 Å². The van der Waals surface area contributed by atoms with Crippen LogP contribution in [0, 0.1) is 0 Å². The lowest BCUT2D eigenvalue weighted by Crippen LogP contribution is -2.30. The van der Waals surface area contributed by atoms with Crippen LogP contribution < -0.4 is 0 Å². The maximum absolute atomic E-state index is 12.8. The van der Waals surface area contributed by atoms with Crippen LogP contribution in [-0.2, 0) is 28.6 Å². The van der Waals surface area contributed by atoms with Crippen molar-refractivity contribution in [2.24, 2.45) is 0 Å². The number of hydrogen-bond acceptors (Lipinski definition) is 6. The summed E-state index contributed by atoms with van der Waals surface area (Å²) < 4.78 is 16.9. The first kappa shape index (κ1) is 71.4. The van der Waals surface area contributed by atoms with Gasteiger partial charge >= 0.3 is 17.9 Å². The van der Waals surface area contributed by atoms with E-state index in [0.717, 1.165) is 96.3 Å². The predicted octanol–water partition coefficient (Wildman–Crippen LogP) is 22.2. The fourth-order valence-corrected chi connectivity index (χ4v) is 9.63. The van der Waals surface area contributed by atoms with Gasteiger partial charge in [-0.25, -0.2) is 0 Å². The summed E-state index contributed by atoms with van der Waals surface area (Å²) in [4.78, 5) is 38.1. The van der Waals surface area contributed by atoms with Gasteiger partial charge < -0.3 is 14.2 Å². The van der Waals surface area contributed by atoms with E-state index in [-0.39, 0.29) is 31.1 Å². The molecule has 0 amide bonds. The fraction of sp³-hybridized carbons (Fsp3) is 0.838. The van der Waals surface area contributed by atoms with E-state index in [1.54, 1.807) is 0 Å². The van der Waals surface area contributed by atoms with Gasteiger partial charge in [-0.1, -0.05) is 301 Å². The Kier molecular flexibility index (Phi) is 60.7. The van der Waals surface area contributed by atoms with Gasteiger partial charge in [0, 0.05) is 19.3 Å². The van der Waals surface area contributed by atoms with Crippen LogP contribution in [0.3, 0.4) is 0 Å². The van der Waals surface area contributed by atoms with Gasteiger partial charge in [0.1, 0.15) is 13.2 Å². The van der Waals surface area contributed by atoms with E-state index in [9.17, 15) is 14.4 Å². The lowest BCUT2D eigenvalue weighted by atomic mass is 10.0. The quantitative estimate of drug-likeness (QED) is 0.0261. The average molecular weight is 1040 g/mol. The van der Waals surface area contributed by atoms with Gasteiger partial charge in [-0.2, -0.15) is 0 Å². The van der Waals surface area contributed by atoms with Crippen molar-refractivity contribution in [3.8, 4) is 0 Å². The molecular formula is C68H124O6. The molecule has 1 atom stereocenters. The van der Waals surface area contributed by atoms with Gasteiger partial charge in [0.2, 0.25) is 0 Å². The van der Waals surface area contributed by atoms with Crippen LogP contribution >= 0.6 is 0 Å². The molecule has 432 valence electrons. The highest BCUT2D eigenvalue weighted by Crippen LogP contribution is 2.18. The van der Waals surface area contributed by atoms with Crippen molar-refractivity contribution in [3.05, 3.63) is 48.6 Å². The van der Waals surface area contributed by atoms with E-state index in [2.05, 4.69) is 69.4 Å². The first-order chi connectivity index (χ1) is 36.5. The highest BCUT2D eigenvalue weighted by atomic mass is 16.6. The van der Waals surface area contributed by atoms with E-state index < -0.39 is 6.10 Å². The monoisotopic (exact) mass is 1040 g/mol. The van der Waals surface area contributed by atoms with Crippen molar-refractivity contribution in [1.82, 2.24) is 0 Å². The second-order valence-corrected chi connectivity index (χ2v) is 22.0. The molecule has 0 bridgehead atoms. The van der Waals surface area contributed by atoms with Crippen LogP contribution in [0.2, 0.25) is 0 Å². The van der Waals surface area contributed by atoms with Crippen molar-refractivity contribution in [3.63, 3.8) is 0 Å². The highest BCUT2D eigenvalue weighted by molar-refractivity contribution is 5.71. The minimum Gasteiger partial charge on any atom is -0.462 e. The number of esters is 3. The topological polar surface area (TPSA) is 78.9 Å². The smallest absolute Gasteiger partial charge is 0.306 e. The van der Waals surface area contributed by atoms with Gasteiger partial charge in [-0.05, 0) is 77.0 Å². The van der Waals surface area contributed by atoms with Crippen LogP contribution in [0.15, 0.2) is 48.6 Å². The molecular weight excluding hydrogens is 913 g/mol. The molecule has 0 aromatic heterocycles. The summed E-state index contributed by atoms with van der Waals surface area (Å²) in [6, 6.07) is 0. The Morgan fingerprint density at radius 2 is 0.514 bits per heavy atom. The molecule has 0 saturated carbocycles. The minimum atomic E-state index is -0.776. The molecule has 0 N–H and O–H groups in total. The Morgan fingerprint density at radius 3 is 0.797 bits per heavy atom. The molecule has 0 aromatic rings. The Bertz CT molecular complexity index is 1280. The van der Waals surface area contributed by atoms with Gasteiger partial charge in [0.25, 0.3) is 0 Å². The zero-order valence-corrected chi connectivity index (χ0v) is 49.6. The summed E-state index contributed by atoms with van der Waals surface area (Å²) in [5, 5.41) is 0. The van der Waals surface area contributed by atoms with E-state index in [1.165, 1.54) is 212 Å². The molecule has 6 heteroatoms. The SMILES string of the molecule is CCC/C=C\C/C=C\CCCCCCCC(=O)OC(COC(=O)CCCCCCCCCCCC)COC(=O)CCCCCCCCCCCCCCCCCCCCCCC/C=C\C/C=C\CCCCCCC. The first-order valence-electron chi connectivity index (χ1n) is 32.6.